The van der Waals surface area contributed by atoms with Gasteiger partial charge in [0.05, 0.1) is 5.52 Å². The summed E-state index contributed by atoms with van der Waals surface area (Å²) in [6, 6.07) is 6.03. The fourth-order valence-corrected chi connectivity index (χ4v) is 2.36. The van der Waals surface area contributed by atoms with E-state index in [1.807, 2.05) is 18.2 Å². The second-order valence-corrected chi connectivity index (χ2v) is 4.55. The van der Waals surface area contributed by atoms with Crippen LogP contribution in [0.2, 0.25) is 0 Å². The molecule has 6 nitrogen and oxygen atoms in total. The van der Waals surface area contributed by atoms with Crippen LogP contribution in [-0.2, 0) is 0 Å². The minimum Gasteiger partial charge on any atom is -0.277 e. The van der Waals surface area contributed by atoms with E-state index < -0.39 is 0 Å². The van der Waals surface area contributed by atoms with Gasteiger partial charge in [-0.15, -0.1) is 0 Å². The number of nitrogens with zero attached hydrogens (tertiary/aromatic N) is 5. The predicted octanol–water partition coefficient (Wildman–Crippen LogP) is 2.48. The van der Waals surface area contributed by atoms with Crippen molar-refractivity contribution in [2.45, 2.75) is 0 Å². The first-order valence-corrected chi connectivity index (χ1v) is 6.41. The molecule has 3 aromatic heterocycles. The van der Waals surface area contributed by atoms with Crippen molar-refractivity contribution in [3.63, 3.8) is 0 Å². The molecule has 0 unspecified atom stereocenters. The number of nitrogens with one attached hydrogen (secondary N) is 1. The first kappa shape index (κ1) is 11.7. The molecule has 4 rings (SSSR count). The van der Waals surface area contributed by atoms with Crippen molar-refractivity contribution >= 4 is 10.9 Å². The molecule has 4 aromatic rings. The van der Waals surface area contributed by atoms with E-state index in [4.69, 9.17) is 0 Å². The highest BCUT2D eigenvalue weighted by Crippen LogP contribution is 2.31. The molecule has 0 fully saturated rings. The standard InChI is InChI=1S/C15H10N6/c1-2-12(10-4-16-8-17-5-10)15-13(3-1)14(20-21-15)11-6-18-9-19-7-11/h1-9H,(H,20,21). The molecule has 0 aliphatic rings. The maximum atomic E-state index is 4.41. The van der Waals surface area contributed by atoms with Gasteiger partial charge < -0.3 is 0 Å². The first-order chi connectivity index (χ1) is 10.4. The largest absolute Gasteiger partial charge is 0.277 e. The third kappa shape index (κ3) is 1.93. The molecule has 3 heterocycles. The van der Waals surface area contributed by atoms with Crippen LogP contribution < -0.4 is 0 Å². The first-order valence-electron chi connectivity index (χ1n) is 6.41. The Hall–Kier alpha value is -3.15. The van der Waals surface area contributed by atoms with Gasteiger partial charge in [-0.25, -0.2) is 19.9 Å². The lowest BCUT2D eigenvalue weighted by Gasteiger charge is -2.02. The van der Waals surface area contributed by atoms with Gasteiger partial charge >= 0.3 is 0 Å². The van der Waals surface area contributed by atoms with Gasteiger partial charge in [0, 0.05) is 46.9 Å². The normalized spacial score (nSPS) is 10.9. The van der Waals surface area contributed by atoms with Crippen LogP contribution >= 0.6 is 0 Å². The summed E-state index contributed by atoms with van der Waals surface area (Å²) in [5.41, 5.74) is 4.63. The quantitative estimate of drug-likeness (QED) is 0.607. The third-order valence-electron chi connectivity index (χ3n) is 3.30. The molecule has 0 saturated heterocycles. The van der Waals surface area contributed by atoms with Crippen LogP contribution in [0.25, 0.3) is 33.3 Å². The van der Waals surface area contributed by atoms with E-state index in [1.165, 1.54) is 12.7 Å². The number of para-hydroxylation sites is 1. The molecule has 100 valence electrons. The molecule has 21 heavy (non-hydrogen) atoms. The van der Waals surface area contributed by atoms with Gasteiger partial charge in [-0.3, -0.25) is 5.10 Å². The molecule has 0 aliphatic heterocycles. The molecule has 6 heteroatoms. The van der Waals surface area contributed by atoms with Crippen LogP contribution in [0.15, 0.2) is 55.6 Å². The number of aromatic amines is 1. The number of hydrogen-bond acceptors (Lipinski definition) is 5. The molecular weight excluding hydrogens is 264 g/mol. The Morgan fingerprint density at radius 3 is 2.14 bits per heavy atom. The second-order valence-electron chi connectivity index (χ2n) is 4.55. The SMILES string of the molecule is c1cc(-c2cncnc2)c2[nH]nc(-c3cncnc3)c2c1. The Morgan fingerprint density at radius 2 is 1.43 bits per heavy atom. The zero-order valence-corrected chi connectivity index (χ0v) is 10.9. The van der Waals surface area contributed by atoms with Crippen LogP contribution in [0.3, 0.4) is 0 Å². The summed E-state index contributed by atoms with van der Waals surface area (Å²) >= 11 is 0. The maximum Gasteiger partial charge on any atom is 0.115 e. The van der Waals surface area contributed by atoms with Crippen LogP contribution in [-0.4, -0.2) is 30.1 Å². The van der Waals surface area contributed by atoms with Crippen molar-refractivity contribution in [1.82, 2.24) is 30.1 Å². The van der Waals surface area contributed by atoms with Crippen molar-refractivity contribution < 1.29 is 0 Å². The average Bonchev–Trinajstić information content (AvgIpc) is 3.00. The minimum absolute atomic E-state index is 0.837. The lowest BCUT2D eigenvalue weighted by Crippen LogP contribution is -1.84. The molecule has 1 N–H and O–H groups in total. The van der Waals surface area contributed by atoms with Gasteiger partial charge in [-0.1, -0.05) is 18.2 Å². The summed E-state index contributed by atoms with van der Waals surface area (Å²) in [7, 11) is 0. The van der Waals surface area contributed by atoms with Crippen LogP contribution in [0, 0.1) is 0 Å². The van der Waals surface area contributed by atoms with Crippen molar-refractivity contribution in [2.24, 2.45) is 0 Å². The van der Waals surface area contributed by atoms with Crippen LogP contribution in [0.1, 0.15) is 0 Å². The van der Waals surface area contributed by atoms with E-state index in [0.717, 1.165) is 33.3 Å². The fraction of sp³-hybridized carbons (Fsp3) is 0. The Kier molecular flexibility index (Phi) is 2.64. The highest BCUT2D eigenvalue weighted by molar-refractivity contribution is 6.00. The average molecular weight is 274 g/mol. The van der Waals surface area contributed by atoms with E-state index in [2.05, 4.69) is 30.1 Å². The Morgan fingerprint density at radius 1 is 0.762 bits per heavy atom. The Labute approximate surface area is 120 Å². The van der Waals surface area contributed by atoms with Crippen LogP contribution in [0.5, 0.6) is 0 Å². The zero-order chi connectivity index (χ0) is 14.1. The molecular formula is C15H10N6. The molecule has 0 aliphatic carbocycles. The van der Waals surface area contributed by atoms with Gasteiger partial charge in [0.25, 0.3) is 0 Å². The highest BCUT2D eigenvalue weighted by atomic mass is 15.1. The summed E-state index contributed by atoms with van der Waals surface area (Å²) in [6.07, 6.45) is 10.1. The van der Waals surface area contributed by atoms with Gasteiger partial charge in [0.1, 0.15) is 18.3 Å². The number of hydrogen-bond donors (Lipinski definition) is 1. The summed E-state index contributed by atoms with van der Waals surface area (Å²) in [4.78, 5) is 16.2. The number of H-pyrrole nitrogens is 1. The van der Waals surface area contributed by atoms with E-state index in [0.29, 0.717) is 0 Å². The summed E-state index contributed by atoms with van der Waals surface area (Å²) < 4.78 is 0. The third-order valence-corrected chi connectivity index (χ3v) is 3.30. The van der Waals surface area contributed by atoms with Gasteiger partial charge in [-0.05, 0) is 0 Å². The predicted molar refractivity (Wildman–Crippen MR) is 78.1 cm³/mol. The summed E-state index contributed by atoms with van der Waals surface area (Å²) in [5, 5.41) is 8.52. The minimum atomic E-state index is 0.837. The van der Waals surface area contributed by atoms with Gasteiger partial charge in [-0.2, -0.15) is 5.10 Å². The molecule has 0 atom stereocenters. The zero-order valence-electron chi connectivity index (χ0n) is 10.9. The number of benzene rings is 1. The molecule has 0 radical (unpaired) electrons. The molecule has 0 saturated carbocycles. The number of fused-ring (bicyclic) bond motifs is 1. The molecule has 0 amide bonds. The molecule has 0 spiro atoms. The molecule has 1 aromatic carbocycles. The van der Waals surface area contributed by atoms with Crippen LogP contribution in [0.4, 0.5) is 0 Å². The van der Waals surface area contributed by atoms with Crippen molar-refractivity contribution in [1.29, 1.82) is 0 Å². The van der Waals surface area contributed by atoms with E-state index >= 15 is 0 Å². The monoisotopic (exact) mass is 274 g/mol. The smallest absolute Gasteiger partial charge is 0.115 e. The van der Waals surface area contributed by atoms with E-state index in [-0.39, 0.29) is 0 Å². The highest BCUT2D eigenvalue weighted by Gasteiger charge is 2.12. The van der Waals surface area contributed by atoms with E-state index in [1.54, 1.807) is 24.8 Å². The second kappa shape index (κ2) is 4.75. The maximum absolute atomic E-state index is 4.41. The summed E-state index contributed by atoms with van der Waals surface area (Å²) in [5.74, 6) is 0. The lowest BCUT2D eigenvalue weighted by molar-refractivity contribution is 1.10. The number of rotatable bonds is 2. The topological polar surface area (TPSA) is 80.2 Å². The van der Waals surface area contributed by atoms with Crippen molar-refractivity contribution in [3.8, 4) is 22.4 Å². The lowest BCUT2D eigenvalue weighted by atomic mass is 10.0. The summed E-state index contributed by atoms with van der Waals surface area (Å²) in [6.45, 7) is 0. The molecule has 0 bridgehead atoms. The van der Waals surface area contributed by atoms with E-state index in [9.17, 15) is 0 Å². The Bertz CT molecular complexity index is 886. The number of aromatic nitrogens is 6. The fourth-order valence-electron chi connectivity index (χ4n) is 2.36. The Balaban J connectivity index is 1.96. The van der Waals surface area contributed by atoms with Crippen molar-refractivity contribution in [3.05, 3.63) is 55.6 Å². The van der Waals surface area contributed by atoms with Gasteiger partial charge in [0.2, 0.25) is 0 Å². The van der Waals surface area contributed by atoms with Gasteiger partial charge in [0.15, 0.2) is 0 Å². The van der Waals surface area contributed by atoms with Crippen molar-refractivity contribution in [2.75, 3.05) is 0 Å².